The molecule has 0 saturated heterocycles. The molecule has 0 heterocycles. The van der Waals surface area contributed by atoms with Crippen LogP contribution in [0.3, 0.4) is 0 Å². The Morgan fingerprint density at radius 2 is 2.19 bits per heavy atom. The number of hydrogen-bond donors (Lipinski definition) is 0. The molecule has 0 radical (unpaired) electrons. The molecule has 0 aliphatic heterocycles. The van der Waals surface area contributed by atoms with Crippen LogP contribution >= 0.6 is 11.6 Å². The lowest BCUT2D eigenvalue weighted by molar-refractivity contribution is 0.404. The van der Waals surface area contributed by atoms with Gasteiger partial charge in [0.1, 0.15) is 11.3 Å². The van der Waals surface area contributed by atoms with Crippen molar-refractivity contribution in [1.82, 2.24) is 0 Å². The third kappa shape index (κ3) is 1.62. The molecule has 16 heavy (non-hydrogen) atoms. The van der Waals surface area contributed by atoms with Crippen molar-refractivity contribution in [3.8, 4) is 5.75 Å². The highest BCUT2D eigenvalue weighted by Gasteiger charge is 2.48. The van der Waals surface area contributed by atoms with Crippen LogP contribution in [0.5, 0.6) is 5.75 Å². The van der Waals surface area contributed by atoms with Crippen LogP contribution in [0.4, 0.5) is 0 Å². The number of nitrogens with zero attached hydrogens (tertiary/aromatic N) is 1. The summed E-state index contributed by atoms with van der Waals surface area (Å²) < 4.78 is 5.31. The first-order chi connectivity index (χ1) is 7.64. The fourth-order valence-corrected chi connectivity index (χ4v) is 2.19. The lowest BCUT2D eigenvalue weighted by Crippen LogP contribution is -2.08. The summed E-state index contributed by atoms with van der Waals surface area (Å²) in [5.41, 5.74) is 1.41. The summed E-state index contributed by atoms with van der Waals surface area (Å²) >= 11 is 6.08. The third-order valence-electron chi connectivity index (χ3n) is 3.03. The Hall–Kier alpha value is -1.31. The Bertz CT molecular complexity index is 474. The minimum Gasteiger partial charge on any atom is -0.496 e. The molecular formula is C12H12ClNO2. The molecular weight excluding hydrogens is 226 g/mol. The van der Waals surface area contributed by atoms with E-state index in [9.17, 15) is 4.79 Å². The molecule has 1 aromatic rings. The van der Waals surface area contributed by atoms with E-state index >= 15 is 0 Å². The highest BCUT2D eigenvalue weighted by Crippen LogP contribution is 2.54. The van der Waals surface area contributed by atoms with Crippen LogP contribution in [0.2, 0.25) is 5.02 Å². The molecule has 84 valence electrons. The molecule has 1 aliphatic carbocycles. The van der Waals surface area contributed by atoms with Crippen LogP contribution in [0.1, 0.15) is 24.0 Å². The SMILES string of the molecule is COc1ccc(Cl)c(C)c1C1(N=C=O)CC1. The minimum absolute atomic E-state index is 0.442. The largest absolute Gasteiger partial charge is 0.496 e. The van der Waals surface area contributed by atoms with E-state index in [-0.39, 0.29) is 0 Å². The number of isocyanates is 1. The molecule has 1 aliphatic rings. The predicted octanol–water partition coefficient (Wildman–Crippen LogP) is 2.98. The van der Waals surface area contributed by atoms with Gasteiger partial charge in [-0.25, -0.2) is 4.79 Å². The van der Waals surface area contributed by atoms with E-state index in [0.29, 0.717) is 5.02 Å². The maximum Gasteiger partial charge on any atom is 0.235 e. The number of aliphatic imine (C=N–C) groups is 1. The number of rotatable bonds is 3. The zero-order valence-corrected chi connectivity index (χ0v) is 9.97. The summed E-state index contributed by atoms with van der Waals surface area (Å²) in [5.74, 6) is 0.735. The number of carbonyl (C=O) groups excluding carboxylic acids is 1. The highest BCUT2D eigenvalue weighted by atomic mass is 35.5. The molecule has 0 atom stereocenters. The van der Waals surface area contributed by atoms with Crippen LogP contribution in [0.15, 0.2) is 17.1 Å². The van der Waals surface area contributed by atoms with Crippen molar-refractivity contribution in [3.05, 3.63) is 28.3 Å². The van der Waals surface area contributed by atoms with Crippen molar-refractivity contribution in [3.63, 3.8) is 0 Å². The number of ether oxygens (including phenoxy) is 1. The summed E-state index contributed by atoms with van der Waals surface area (Å²) in [5, 5.41) is 0.670. The number of hydrogen-bond acceptors (Lipinski definition) is 3. The maximum atomic E-state index is 10.5. The Kier molecular flexibility index (Phi) is 2.75. The zero-order valence-electron chi connectivity index (χ0n) is 9.21. The van der Waals surface area contributed by atoms with Gasteiger partial charge in [-0.2, -0.15) is 4.99 Å². The van der Waals surface area contributed by atoms with Gasteiger partial charge in [0.25, 0.3) is 0 Å². The number of methoxy groups -OCH3 is 1. The van der Waals surface area contributed by atoms with Gasteiger partial charge in [-0.05, 0) is 37.5 Å². The van der Waals surface area contributed by atoms with Crippen LogP contribution in [0.25, 0.3) is 0 Å². The predicted molar refractivity (Wildman–Crippen MR) is 61.8 cm³/mol. The molecule has 0 amide bonds. The smallest absolute Gasteiger partial charge is 0.235 e. The van der Waals surface area contributed by atoms with Gasteiger partial charge < -0.3 is 4.74 Å². The molecule has 2 rings (SSSR count). The van der Waals surface area contributed by atoms with Crippen LogP contribution < -0.4 is 4.74 Å². The summed E-state index contributed by atoms with van der Waals surface area (Å²) in [6, 6.07) is 3.60. The van der Waals surface area contributed by atoms with Crippen molar-refractivity contribution < 1.29 is 9.53 Å². The lowest BCUT2D eigenvalue weighted by Gasteiger charge is -2.17. The van der Waals surface area contributed by atoms with Crippen molar-refractivity contribution in [2.24, 2.45) is 4.99 Å². The van der Waals surface area contributed by atoms with E-state index in [1.165, 1.54) is 0 Å². The Morgan fingerprint density at radius 3 is 2.69 bits per heavy atom. The van der Waals surface area contributed by atoms with E-state index in [2.05, 4.69) is 4.99 Å². The maximum absolute atomic E-state index is 10.5. The van der Waals surface area contributed by atoms with Crippen molar-refractivity contribution in [2.75, 3.05) is 7.11 Å². The van der Waals surface area contributed by atoms with Gasteiger partial charge in [0.05, 0.1) is 7.11 Å². The normalized spacial score (nSPS) is 16.4. The standard InChI is InChI=1S/C12H12ClNO2/c1-8-9(13)3-4-10(16-2)11(8)12(5-6-12)14-7-15/h3-4H,5-6H2,1-2H3. The highest BCUT2D eigenvalue weighted by molar-refractivity contribution is 6.31. The second-order valence-corrected chi connectivity index (χ2v) is 4.39. The van der Waals surface area contributed by atoms with Gasteiger partial charge >= 0.3 is 0 Å². The Balaban J connectivity index is 2.62. The van der Waals surface area contributed by atoms with E-state index < -0.39 is 5.54 Å². The number of benzene rings is 1. The molecule has 1 aromatic carbocycles. The molecule has 4 heteroatoms. The van der Waals surface area contributed by atoms with Crippen molar-refractivity contribution >= 4 is 17.7 Å². The van der Waals surface area contributed by atoms with Crippen LogP contribution in [-0.2, 0) is 10.3 Å². The second kappa shape index (κ2) is 3.93. The first-order valence-electron chi connectivity index (χ1n) is 5.07. The zero-order chi connectivity index (χ0) is 11.8. The average molecular weight is 238 g/mol. The third-order valence-corrected chi connectivity index (χ3v) is 3.44. The molecule has 0 N–H and O–H groups in total. The summed E-state index contributed by atoms with van der Waals surface area (Å²) in [6.07, 6.45) is 3.34. The molecule has 0 spiro atoms. The molecule has 0 aromatic heterocycles. The molecule has 3 nitrogen and oxygen atoms in total. The quantitative estimate of drug-likeness (QED) is 0.599. The van der Waals surface area contributed by atoms with Gasteiger partial charge in [-0.1, -0.05) is 11.6 Å². The topological polar surface area (TPSA) is 38.7 Å². The summed E-state index contributed by atoms with van der Waals surface area (Å²) in [4.78, 5) is 14.4. The monoisotopic (exact) mass is 237 g/mol. The van der Waals surface area contributed by atoms with Gasteiger partial charge in [0, 0.05) is 10.6 Å². The first kappa shape index (κ1) is 11.2. The molecule has 1 fully saturated rings. The Labute approximate surface area is 99.1 Å². The lowest BCUT2D eigenvalue weighted by atomic mass is 9.98. The van der Waals surface area contributed by atoms with E-state index in [1.54, 1.807) is 19.3 Å². The molecule has 1 saturated carbocycles. The van der Waals surface area contributed by atoms with Crippen LogP contribution in [-0.4, -0.2) is 13.2 Å². The van der Waals surface area contributed by atoms with E-state index in [0.717, 1.165) is 29.7 Å². The fourth-order valence-electron chi connectivity index (χ4n) is 2.03. The van der Waals surface area contributed by atoms with Gasteiger partial charge in [0.15, 0.2) is 0 Å². The van der Waals surface area contributed by atoms with Gasteiger partial charge in [0.2, 0.25) is 6.08 Å². The fraction of sp³-hybridized carbons (Fsp3) is 0.417. The van der Waals surface area contributed by atoms with Crippen molar-refractivity contribution in [2.45, 2.75) is 25.3 Å². The van der Waals surface area contributed by atoms with Crippen molar-refractivity contribution in [1.29, 1.82) is 0 Å². The Morgan fingerprint density at radius 1 is 1.50 bits per heavy atom. The van der Waals surface area contributed by atoms with E-state index in [1.807, 2.05) is 13.0 Å². The second-order valence-electron chi connectivity index (χ2n) is 3.98. The molecule has 0 unspecified atom stereocenters. The minimum atomic E-state index is -0.442. The van der Waals surface area contributed by atoms with E-state index in [4.69, 9.17) is 16.3 Å². The average Bonchev–Trinajstić information content (AvgIpc) is 3.03. The van der Waals surface area contributed by atoms with Crippen LogP contribution in [0, 0.1) is 6.92 Å². The molecule has 0 bridgehead atoms. The first-order valence-corrected chi connectivity index (χ1v) is 5.45. The summed E-state index contributed by atoms with van der Waals surface area (Å²) in [6.45, 7) is 1.92. The summed E-state index contributed by atoms with van der Waals surface area (Å²) in [7, 11) is 1.60. The van der Waals surface area contributed by atoms with Gasteiger partial charge in [-0.15, -0.1) is 0 Å². The number of halogens is 1. The van der Waals surface area contributed by atoms with Gasteiger partial charge in [-0.3, -0.25) is 0 Å².